The number of nitrogens with zero attached hydrogens (tertiary/aromatic N) is 2. The molecule has 7 nitrogen and oxygen atoms in total. The fraction of sp³-hybridized carbons (Fsp3) is 0.524. The Morgan fingerprint density at radius 1 is 1.30 bits per heavy atom. The number of aromatic nitrogens is 1. The fourth-order valence-electron chi connectivity index (χ4n) is 3.89. The zero-order chi connectivity index (χ0) is 21.3. The summed E-state index contributed by atoms with van der Waals surface area (Å²) in [4.78, 5) is 18.6. The van der Waals surface area contributed by atoms with Crippen molar-refractivity contribution in [2.45, 2.75) is 50.0 Å². The number of hydrogen-bond donors (Lipinski definition) is 1. The van der Waals surface area contributed by atoms with Crippen molar-refractivity contribution >= 4 is 32.4 Å². The summed E-state index contributed by atoms with van der Waals surface area (Å²) in [5, 5.41) is 3.46. The van der Waals surface area contributed by atoms with Gasteiger partial charge in [0.1, 0.15) is 0 Å². The highest BCUT2D eigenvalue weighted by Gasteiger charge is 2.26. The highest BCUT2D eigenvalue weighted by molar-refractivity contribution is 7.89. The van der Waals surface area contributed by atoms with Crippen LogP contribution in [0.4, 0.5) is 5.13 Å². The first-order valence-corrected chi connectivity index (χ1v) is 12.6. The van der Waals surface area contributed by atoms with Crippen LogP contribution in [0.5, 0.6) is 0 Å². The van der Waals surface area contributed by atoms with E-state index in [1.165, 1.54) is 44.8 Å². The van der Waals surface area contributed by atoms with Gasteiger partial charge in [0.15, 0.2) is 5.13 Å². The van der Waals surface area contributed by atoms with Gasteiger partial charge in [0.05, 0.1) is 16.7 Å². The van der Waals surface area contributed by atoms with Gasteiger partial charge < -0.3 is 4.74 Å². The number of thiazole rings is 1. The molecule has 1 aliphatic carbocycles. The summed E-state index contributed by atoms with van der Waals surface area (Å²) in [6.07, 6.45) is 4.87. The topological polar surface area (TPSA) is 88.6 Å². The number of carbonyl (C=O) groups excluding carboxylic acids is 1. The molecule has 0 radical (unpaired) electrons. The number of benzene rings is 1. The highest BCUT2D eigenvalue weighted by atomic mass is 32.2. The first-order chi connectivity index (χ1) is 14.3. The molecule has 4 rings (SSSR count). The highest BCUT2D eigenvalue weighted by Crippen LogP contribution is 2.32. The van der Waals surface area contributed by atoms with E-state index in [1.807, 2.05) is 0 Å². The van der Waals surface area contributed by atoms with Crippen LogP contribution in [0, 0.1) is 5.92 Å². The molecule has 0 bridgehead atoms. The number of sulfonamides is 1. The summed E-state index contributed by atoms with van der Waals surface area (Å²) >= 11 is 1.53. The zero-order valence-corrected chi connectivity index (χ0v) is 18.9. The summed E-state index contributed by atoms with van der Waals surface area (Å²) in [5.74, 6) is 0.361. The van der Waals surface area contributed by atoms with Crippen LogP contribution >= 0.6 is 11.3 Å². The first kappa shape index (κ1) is 21.4. The summed E-state index contributed by atoms with van der Waals surface area (Å²) in [7, 11) is -2.07. The van der Waals surface area contributed by atoms with E-state index >= 15 is 0 Å². The molecule has 1 saturated heterocycles. The lowest BCUT2D eigenvalue weighted by Crippen LogP contribution is -2.34. The van der Waals surface area contributed by atoms with E-state index in [0.717, 1.165) is 37.8 Å². The number of fused-ring (bicyclic) bond motifs is 1. The fourth-order valence-corrected chi connectivity index (χ4v) is 6.26. The minimum atomic E-state index is -3.62. The van der Waals surface area contributed by atoms with E-state index < -0.39 is 10.0 Å². The Balaban J connectivity index is 1.42. The second kappa shape index (κ2) is 8.74. The number of likely N-dealkylation sites (N-methyl/N-ethyl adjacent to an activating group) is 1. The molecule has 1 amide bonds. The van der Waals surface area contributed by atoms with E-state index in [2.05, 4.69) is 17.2 Å². The predicted octanol–water partition coefficient (Wildman–Crippen LogP) is 3.32. The number of aryl methyl sites for hydroxylation is 1. The summed E-state index contributed by atoms with van der Waals surface area (Å²) in [6, 6.07) is 6.03. The molecule has 1 N–H and O–H groups in total. The predicted molar refractivity (Wildman–Crippen MR) is 116 cm³/mol. The molecule has 1 aromatic heterocycles. The third-order valence-corrected chi connectivity index (χ3v) is 8.59. The minimum absolute atomic E-state index is 0.0538. The van der Waals surface area contributed by atoms with Gasteiger partial charge in [-0.25, -0.2) is 13.4 Å². The molecule has 1 aromatic carbocycles. The van der Waals surface area contributed by atoms with Crippen molar-refractivity contribution in [3.63, 3.8) is 0 Å². The van der Waals surface area contributed by atoms with Gasteiger partial charge >= 0.3 is 0 Å². The van der Waals surface area contributed by atoms with E-state index in [0.29, 0.717) is 29.8 Å². The molecule has 2 atom stereocenters. The van der Waals surface area contributed by atoms with Gasteiger partial charge in [-0.15, -0.1) is 11.3 Å². The normalized spacial score (nSPS) is 21.6. The minimum Gasteiger partial charge on any atom is -0.377 e. The van der Waals surface area contributed by atoms with Crippen LogP contribution in [0.3, 0.4) is 0 Å². The van der Waals surface area contributed by atoms with E-state index in [-0.39, 0.29) is 16.9 Å². The van der Waals surface area contributed by atoms with E-state index in [9.17, 15) is 13.2 Å². The molecule has 2 heterocycles. The third kappa shape index (κ3) is 4.59. The van der Waals surface area contributed by atoms with Crippen molar-refractivity contribution in [3.05, 3.63) is 40.4 Å². The molecule has 30 heavy (non-hydrogen) atoms. The average Bonchev–Trinajstić information content (AvgIpc) is 3.37. The molecule has 2 aromatic rings. The van der Waals surface area contributed by atoms with Crippen molar-refractivity contribution in [1.82, 2.24) is 9.29 Å². The maximum atomic E-state index is 12.8. The molecule has 0 unspecified atom stereocenters. The Hall–Kier alpha value is -1.81. The second-order valence-corrected chi connectivity index (χ2v) is 11.3. The SMILES string of the molecule is C[C@@H]1CCc2nc(NC(=O)c3ccc(S(=O)(=O)N(C)C[C@H]4CCCO4)cc3)sc2C1. The van der Waals surface area contributed by atoms with Crippen LogP contribution in [0.25, 0.3) is 0 Å². The monoisotopic (exact) mass is 449 g/mol. The second-order valence-electron chi connectivity index (χ2n) is 8.14. The Morgan fingerprint density at radius 2 is 2.07 bits per heavy atom. The summed E-state index contributed by atoms with van der Waals surface area (Å²) < 4.78 is 32.4. The molecular formula is C21H27N3O4S2. The van der Waals surface area contributed by atoms with Gasteiger partial charge in [-0.2, -0.15) is 4.31 Å². The molecule has 0 spiro atoms. The third-order valence-electron chi connectivity index (χ3n) is 5.72. The molecule has 1 aliphatic heterocycles. The maximum absolute atomic E-state index is 12.8. The summed E-state index contributed by atoms with van der Waals surface area (Å²) in [6.45, 7) is 3.25. The van der Waals surface area contributed by atoms with Crippen LogP contribution in [0.1, 0.15) is 47.1 Å². The standard InChI is InChI=1S/C21H27N3O4S2/c1-14-5-10-18-19(12-14)29-21(22-18)23-20(25)15-6-8-17(9-7-15)30(26,27)24(2)13-16-4-3-11-28-16/h6-9,14,16H,3-5,10-13H2,1-2H3,(H,22,23,25)/t14-,16-/m1/s1. The van der Waals surface area contributed by atoms with Gasteiger partial charge in [-0.3, -0.25) is 10.1 Å². The van der Waals surface area contributed by atoms with Crippen LogP contribution in [-0.2, 0) is 27.6 Å². The van der Waals surface area contributed by atoms with Gasteiger partial charge in [0.2, 0.25) is 10.0 Å². The smallest absolute Gasteiger partial charge is 0.257 e. The van der Waals surface area contributed by atoms with E-state index in [4.69, 9.17) is 4.74 Å². The number of hydrogen-bond acceptors (Lipinski definition) is 6. The average molecular weight is 450 g/mol. The molecular weight excluding hydrogens is 422 g/mol. The summed E-state index contributed by atoms with van der Waals surface area (Å²) in [5.41, 5.74) is 1.49. The number of carbonyl (C=O) groups is 1. The number of nitrogens with one attached hydrogen (secondary N) is 1. The Kier molecular flexibility index (Phi) is 6.24. The molecule has 162 valence electrons. The Bertz CT molecular complexity index is 1010. The van der Waals surface area contributed by atoms with Crippen LogP contribution < -0.4 is 5.32 Å². The van der Waals surface area contributed by atoms with Crippen molar-refractivity contribution in [1.29, 1.82) is 0 Å². The van der Waals surface area contributed by atoms with Crippen LogP contribution in [0.15, 0.2) is 29.2 Å². The van der Waals surface area contributed by atoms with Crippen molar-refractivity contribution in [3.8, 4) is 0 Å². The number of amides is 1. The van der Waals surface area contributed by atoms with Gasteiger partial charge in [0.25, 0.3) is 5.91 Å². The first-order valence-electron chi connectivity index (χ1n) is 10.3. The molecule has 9 heteroatoms. The number of rotatable bonds is 6. The van der Waals surface area contributed by atoms with E-state index in [1.54, 1.807) is 7.05 Å². The van der Waals surface area contributed by atoms with Crippen molar-refractivity contribution in [2.24, 2.45) is 5.92 Å². The van der Waals surface area contributed by atoms with Gasteiger partial charge in [-0.1, -0.05) is 6.92 Å². The number of anilines is 1. The van der Waals surface area contributed by atoms with Crippen molar-refractivity contribution in [2.75, 3.05) is 25.5 Å². The zero-order valence-electron chi connectivity index (χ0n) is 17.3. The van der Waals surface area contributed by atoms with Crippen LogP contribution in [0.2, 0.25) is 0 Å². The largest absolute Gasteiger partial charge is 0.377 e. The Morgan fingerprint density at radius 3 is 2.77 bits per heavy atom. The maximum Gasteiger partial charge on any atom is 0.257 e. The number of ether oxygens (including phenoxy) is 1. The molecule has 2 aliphatic rings. The van der Waals surface area contributed by atoms with Gasteiger partial charge in [0, 0.05) is 30.6 Å². The molecule has 0 saturated carbocycles. The van der Waals surface area contributed by atoms with Crippen LogP contribution in [-0.4, -0.2) is 49.9 Å². The lowest BCUT2D eigenvalue weighted by Gasteiger charge is -2.20. The lowest BCUT2D eigenvalue weighted by atomic mass is 9.93. The molecule has 1 fully saturated rings. The van der Waals surface area contributed by atoms with Gasteiger partial charge in [-0.05, 0) is 62.3 Å². The van der Waals surface area contributed by atoms with Crippen molar-refractivity contribution < 1.29 is 17.9 Å². The lowest BCUT2D eigenvalue weighted by molar-refractivity contribution is 0.0979. The quantitative estimate of drug-likeness (QED) is 0.731. The Labute approximate surface area is 181 Å².